The molecule has 5 nitrogen and oxygen atoms in total. The van der Waals surface area contributed by atoms with Gasteiger partial charge < -0.3 is 10.6 Å². The van der Waals surface area contributed by atoms with E-state index in [1.165, 1.54) is 18.3 Å². The number of amides is 2. The average molecular weight is 319 g/mol. The normalized spacial score (nSPS) is 10.5. The zero-order chi connectivity index (χ0) is 17.0. The lowest BCUT2D eigenvalue weighted by Gasteiger charge is -2.09. The third-order valence-corrected chi connectivity index (χ3v) is 2.85. The van der Waals surface area contributed by atoms with E-state index in [9.17, 15) is 18.4 Å². The molecule has 0 saturated carbocycles. The summed E-state index contributed by atoms with van der Waals surface area (Å²) in [4.78, 5) is 27.9. The zero-order valence-corrected chi connectivity index (χ0v) is 12.6. The number of hydrogen-bond acceptors (Lipinski definition) is 3. The van der Waals surface area contributed by atoms with Crippen molar-refractivity contribution in [2.45, 2.75) is 19.9 Å². The van der Waals surface area contributed by atoms with Crippen molar-refractivity contribution < 1.29 is 18.4 Å². The highest BCUT2D eigenvalue weighted by Gasteiger charge is 2.14. The largest absolute Gasteiger partial charge is 0.349 e. The van der Waals surface area contributed by atoms with Crippen LogP contribution in [0.25, 0.3) is 0 Å². The number of aromatic nitrogens is 1. The predicted molar refractivity (Wildman–Crippen MR) is 81.2 cm³/mol. The Hall–Kier alpha value is -2.83. The molecule has 2 amide bonds. The highest BCUT2D eigenvalue weighted by molar-refractivity contribution is 6.05. The number of pyridine rings is 1. The van der Waals surface area contributed by atoms with Crippen molar-refractivity contribution in [1.82, 2.24) is 10.3 Å². The maximum absolute atomic E-state index is 13.5. The average Bonchev–Trinajstić information content (AvgIpc) is 2.49. The van der Waals surface area contributed by atoms with Gasteiger partial charge in [0, 0.05) is 23.9 Å². The Balaban J connectivity index is 2.18. The molecule has 23 heavy (non-hydrogen) atoms. The van der Waals surface area contributed by atoms with Crippen LogP contribution in [0.4, 0.5) is 14.5 Å². The molecule has 0 saturated heterocycles. The molecule has 0 atom stereocenters. The molecule has 120 valence electrons. The van der Waals surface area contributed by atoms with Crippen LogP contribution in [0.3, 0.4) is 0 Å². The van der Waals surface area contributed by atoms with E-state index in [2.05, 4.69) is 15.6 Å². The van der Waals surface area contributed by atoms with Gasteiger partial charge in [0.2, 0.25) is 0 Å². The van der Waals surface area contributed by atoms with Crippen LogP contribution in [-0.4, -0.2) is 22.8 Å². The van der Waals surface area contributed by atoms with E-state index < -0.39 is 23.4 Å². The van der Waals surface area contributed by atoms with E-state index in [0.717, 1.165) is 12.1 Å². The maximum Gasteiger partial charge on any atom is 0.270 e. The second kappa shape index (κ2) is 6.95. The Kier molecular flexibility index (Phi) is 5.00. The molecule has 1 heterocycles. The first-order valence-electron chi connectivity index (χ1n) is 6.90. The number of benzene rings is 1. The SMILES string of the molecule is CC(C)NC(=O)c1cc(C(=O)Nc2ccc(F)cc2F)ccn1. The van der Waals surface area contributed by atoms with Gasteiger partial charge in [0.15, 0.2) is 0 Å². The molecule has 0 bridgehead atoms. The van der Waals surface area contributed by atoms with E-state index in [-0.39, 0.29) is 23.0 Å². The van der Waals surface area contributed by atoms with Crippen LogP contribution in [0.1, 0.15) is 34.7 Å². The van der Waals surface area contributed by atoms with Gasteiger partial charge >= 0.3 is 0 Å². The molecule has 0 spiro atoms. The van der Waals surface area contributed by atoms with Crippen molar-refractivity contribution in [3.63, 3.8) is 0 Å². The topological polar surface area (TPSA) is 71.1 Å². The molecule has 7 heteroatoms. The fourth-order valence-electron chi connectivity index (χ4n) is 1.82. The molecule has 1 aromatic carbocycles. The van der Waals surface area contributed by atoms with E-state index in [4.69, 9.17) is 0 Å². The fourth-order valence-corrected chi connectivity index (χ4v) is 1.82. The summed E-state index contributed by atoms with van der Waals surface area (Å²) in [5.74, 6) is -2.67. The maximum atomic E-state index is 13.5. The summed E-state index contributed by atoms with van der Waals surface area (Å²) in [5, 5.41) is 4.98. The Labute approximate surface area is 131 Å². The van der Waals surface area contributed by atoms with Crippen LogP contribution in [0.5, 0.6) is 0 Å². The van der Waals surface area contributed by atoms with E-state index >= 15 is 0 Å². The Morgan fingerprint density at radius 3 is 2.48 bits per heavy atom. The highest BCUT2D eigenvalue weighted by Crippen LogP contribution is 2.16. The molecule has 0 radical (unpaired) electrons. The van der Waals surface area contributed by atoms with E-state index in [1.807, 2.05) is 0 Å². The molecule has 2 aromatic rings. The molecule has 1 aromatic heterocycles. The van der Waals surface area contributed by atoms with Crippen LogP contribution in [0.2, 0.25) is 0 Å². The first-order chi connectivity index (χ1) is 10.9. The molecule has 0 aliphatic rings. The number of halogens is 2. The molecule has 0 fully saturated rings. The van der Waals surface area contributed by atoms with Crippen LogP contribution < -0.4 is 10.6 Å². The lowest BCUT2D eigenvalue weighted by Crippen LogP contribution is -2.31. The second-order valence-corrected chi connectivity index (χ2v) is 5.14. The van der Waals surface area contributed by atoms with Crippen molar-refractivity contribution in [2.75, 3.05) is 5.32 Å². The summed E-state index contributed by atoms with van der Waals surface area (Å²) < 4.78 is 26.4. The molecule has 0 unspecified atom stereocenters. The van der Waals surface area contributed by atoms with Gasteiger partial charge in [0.05, 0.1) is 5.69 Å². The van der Waals surface area contributed by atoms with Crippen LogP contribution in [0.15, 0.2) is 36.5 Å². The third-order valence-electron chi connectivity index (χ3n) is 2.85. The number of carbonyl (C=O) groups excluding carboxylic acids is 2. The fraction of sp³-hybridized carbons (Fsp3) is 0.188. The summed E-state index contributed by atoms with van der Waals surface area (Å²) in [6.45, 7) is 3.59. The second-order valence-electron chi connectivity index (χ2n) is 5.14. The number of nitrogens with zero attached hydrogens (tertiary/aromatic N) is 1. The van der Waals surface area contributed by atoms with Crippen molar-refractivity contribution in [3.8, 4) is 0 Å². The summed E-state index contributed by atoms with van der Waals surface area (Å²) in [6.07, 6.45) is 1.31. The quantitative estimate of drug-likeness (QED) is 0.910. The monoisotopic (exact) mass is 319 g/mol. The smallest absolute Gasteiger partial charge is 0.270 e. The van der Waals surface area contributed by atoms with Crippen LogP contribution in [-0.2, 0) is 0 Å². The molecular formula is C16H15F2N3O2. The van der Waals surface area contributed by atoms with Crippen molar-refractivity contribution >= 4 is 17.5 Å². The number of nitrogens with one attached hydrogen (secondary N) is 2. The van der Waals surface area contributed by atoms with Gasteiger partial charge in [-0.1, -0.05) is 0 Å². The first-order valence-corrected chi connectivity index (χ1v) is 6.90. The van der Waals surface area contributed by atoms with Gasteiger partial charge in [0.1, 0.15) is 17.3 Å². The van der Waals surface area contributed by atoms with E-state index in [1.54, 1.807) is 13.8 Å². The molecule has 2 rings (SSSR count). The minimum atomic E-state index is -0.884. The van der Waals surface area contributed by atoms with Gasteiger partial charge in [-0.3, -0.25) is 14.6 Å². The summed E-state index contributed by atoms with van der Waals surface area (Å²) in [6, 6.07) is 5.44. The van der Waals surface area contributed by atoms with Gasteiger partial charge in [-0.15, -0.1) is 0 Å². The van der Waals surface area contributed by atoms with Gasteiger partial charge in [0.25, 0.3) is 11.8 Å². The third kappa shape index (κ3) is 4.32. The van der Waals surface area contributed by atoms with Crippen molar-refractivity contribution in [3.05, 3.63) is 59.4 Å². The number of anilines is 1. The minimum absolute atomic E-state index is 0.0740. The Bertz CT molecular complexity index is 748. The Morgan fingerprint density at radius 1 is 1.09 bits per heavy atom. The predicted octanol–water partition coefficient (Wildman–Crippen LogP) is 2.75. The minimum Gasteiger partial charge on any atom is -0.349 e. The lowest BCUT2D eigenvalue weighted by molar-refractivity contribution is 0.0938. The van der Waals surface area contributed by atoms with Gasteiger partial charge in [-0.05, 0) is 38.1 Å². The van der Waals surface area contributed by atoms with Crippen LogP contribution >= 0.6 is 0 Å². The molecule has 0 aliphatic heterocycles. The van der Waals surface area contributed by atoms with Crippen molar-refractivity contribution in [1.29, 1.82) is 0 Å². The molecule has 2 N–H and O–H groups in total. The Morgan fingerprint density at radius 2 is 1.83 bits per heavy atom. The van der Waals surface area contributed by atoms with Gasteiger partial charge in [-0.25, -0.2) is 8.78 Å². The lowest BCUT2D eigenvalue weighted by atomic mass is 10.2. The zero-order valence-electron chi connectivity index (χ0n) is 12.6. The summed E-state index contributed by atoms with van der Waals surface area (Å²) in [7, 11) is 0. The number of rotatable bonds is 4. The standard InChI is InChI=1S/C16H15F2N3O2/c1-9(2)20-16(23)14-7-10(5-6-19-14)15(22)21-13-4-3-11(17)8-12(13)18/h3-9H,1-2H3,(H,20,23)(H,21,22). The number of hydrogen-bond donors (Lipinski definition) is 2. The van der Waals surface area contributed by atoms with Gasteiger partial charge in [-0.2, -0.15) is 0 Å². The highest BCUT2D eigenvalue weighted by atomic mass is 19.1. The molecule has 0 aliphatic carbocycles. The molecular weight excluding hydrogens is 304 g/mol. The summed E-state index contributed by atoms with van der Waals surface area (Å²) in [5.41, 5.74) is 0.0601. The number of carbonyl (C=O) groups is 2. The first kappa shape index (κ1) is 16.5. The summed E-state index contributed by atoms with van der Waals surface area (Å²) >= 11 is 0. The van der Waals surface area contributed by atoms with Crippen LogP contribution in [0, 0.1) is 11.6 Å². The van der Waals surface area contributed by atoms with Crippen molar-refractivity contribution in [2.24, 2.45) is 0 Å². The van der Waals surface area contributed by atoms with E-state index in [0.29, 0.717) is 6.07 Å².